The number of hydrogen-bond donors (Lipinski definition) is 1. The maximum absolute atomic E-state index is 13.1. The Bertz CT molecular complexity index is 1210. The van der Waals surface area contributed by atoms with Crippen molar-refractivity contribution in [1.82, 2.24) is 10.2 Å². The van der Waals surface area contributed by atoms with Crippen LogP contribution >= 0.6 is 28.1 Å². The Morgan fingerprint density at radius 2 is 1.85 bits per heavy atom. The van der Waals surface area contributed by atoms with E-state index in [1.54, 1.807) is 18.1 Å². The molecule has 1 saturated heterocycles. The molecule has 168 valence electrons. The summed E-state index contributed by atoms with van der Waals surface area (Å²) in [6.07, 6.45) is 1.77. The van der Waals surface area contributed by atoms with Gasteiger partial charge in [0.2, 0.25) is 0 Å². The van der Waals surface area contributed by atoms with Gasteiger partial charge in [0, 0.05) is 4.47 Å². The summed E-state index contributed by atoms with van der Waals surface area (Å²) < 4.78 is 12.5. The van der Waals surface area contributed by atoms with Crippen LogP contribution in [-0.4, -0.2) is 23.0 Å². The fourth-order valence-corrected chi connectivity index (χ4v) is 4.43. The summed E-state index contributed by atoms with van der Waals surface area (Å²) in [5, 5.41) is 3.44. The molecule has 7 heteroatoms. The Kier molecular flexibility index (Phi) is 7.11. The summed E-state index contributed by atoms with van der Waals surface area (Å²) in [5.74, 6) is 1.05. The van der Waals surface area contributed by atoms with E-state index in [4.69, 9.17) is 21.7 Å². The van der Waals surface area contributed by atoms with E-state index in [9.17, 15) is 4.79 Å². The summed E-state index contributed by atoms with van der Waals surface area (Å²) in [5.41, 5.74) is 3.28. The van der Waals surface area contributed by atoms with Crippen LogP contribution in [0, 0.1) is 0 Å². The van der Waals surface area contributed by atoms with Gasteiger partial charge in [-0.1, -0.05) is 64.5 Å². The van der Waals surface area contributed by atoms with Crippen molar-refractivity contribution in [1.29, 1.82) is 0 Å². The van der Waals surface area contributed by atoms with Crippen LogP contribution in [-0.2, 0) is 11.4 Å². The molecule has 0 radical (unpaired) electrons. The molecular formula is C26H23BrN2O3S. The number of nitrogens with one attached hydrogen (secondary N) is 1. The standard InChI is InChI=1S/C26H23BrN2O3S/c1-17(20-8-4-3-5-9-20)29-25(30)22(28-26(29)33)14-18-11-12-23(24(15-18)31-2)32-16-19-7-6-10-21(27)13-19/h3-15,17H,16H2,1-2H3,(H,28,33)/b22-14-. The largest absolute Gasteiger partial charge is 0.493 e. The second-order valence-electron chi connectivity index (χ2n) is 7.58. The zero-order valence-corrected chi connectivity index (χ0v) is 20.7. The number of hydrogen-bond acceptors (Lipinski definition) is 4. The molecule has 0 bridgehead atoms. The van der Waals surface area contributed by atoms with Gasteiger partial charge in [-0.05, 0) is 66.2 Å². The summed E-state index contributed by atoms with van der Waals surface area (Å²) >= 11 is 8.92. The average molecular weight is 523 g/mol. The van der Waals surface area contributed by atoms with Crippen molar-refractivity contribution in [3.05, 3.63) is 99.7 Å². The van der Waals surface area contributed by atoms with Gasteiger partial charge < -0.3 is 14.8 Å². The summed E-state index contributed by atoms with van der Waals surface area (Å²) in [6.45, 7) is 2.38. The number of amides is 1. The minimum absolute atomic E-state index is 0.162. The molecule has 0 spiro atoms. The Morgan fingerprint density at radius 1 is 1.06 bits per heavy atom. The lowest BCUT2D eigenvalue weighted by atomic mass is 10.1. The maximum atomic E-state index is 13.1. The quantitative estimate of drug-likeness (QED) is 0.311. The van der Waals surface area contributed by atoms with Gasteiger partial charge in [-0.25, -0.2) is 0 Å². The fraction of sp³-hybridized carbons (Fsp3) is 0.154. The number of thiocarbonyl (C=S) groups is 1. The number of nitrogens with zero attached hydrogens (tertiary/aromatic N) is 1. The first-order chi connectivity index (χ1) is 16.0. The highest BCUT2D eigenvalue weighted by atomic mass is 79.9. The molecule has 0 aliphatic carbocycles. The molecule has 33 heavy (non-hydrogen) atoms. The Hall–Kier alpha value is -3.16. The van der Waals surface area contributed by atoms with E-state index >= 15 is 0 Å². The molecule has 1 aliphatic rings. The fourth-order valence-electron chi connectivity index (χ4n) is 3.63. The van der Waals surface area contributed by atoms with Crippen molar-refractivity contribution in [2.45, 2.75) is 19.6 Å². The third-order valence-corrected chi connectivity index (χ3v) is 6.15. The number of ether oxygens (including phenoxy) is 2. The molecule has 1 unspecified atom stereocenters. The van der Waals surface area contributed by atoms with Crippen LogP contribution < -0.4 is 14.8 Å². The van der Waals surface area contributed by atoms with Crippen LogP contribution in [0.25, 0.3) is 6.08 Å². The molecule has 5 nitrogen and oxygen atoms in total. The number of rotatable bonds is 7. The van der Waals surface area contributed by atoms with E-state index in [-0.39, 0.29) is 11.9 Å². The van der Waals surface area contributed by atoms with Gasteiger partial charge in [-0.15, -0.1) is 0 Å². The van der Waals surface area contributed by atoms with E-state index in [0.717, 1.165) is 21.2 Å². The predicted molar refractivity (Wildman–Crippen MR) is 137 cm³/mol. The lowest BCUT2D eigenvalue weighted by molar-refractivity contribution is -0.123. The molecule has 1 fully saturated rings. The maximum Gasteiger partial charge on any atom is 0.277 e. The lowest BCUT2D eigenvalue weighted by Gasteiger charge is -2.23. The molecule has 1 N–H and O–H groups in total. The second kappa shape index (κ2) is 10.2. The van der Waals surface area contributed by atoms with Crippen LogP contribution in [0.1, 0.15) is 29.7 Å². The van der Waals surface area contributed by atoms with Crippen molar-refractivity contribution >= 4 is 45.2 Å². The highest BCUT2D eigenvalue weighted by Gasteiger charge is 2.34. The SMILES string of the molecule is COc1cc(/C=C2\NC(=S)N(C(C)c3ccccc3)C2=O)ccc1OCc1cccc(Br)c1. The molecule has 3 aromatic rings. The lowest BCUT2D eigenvalue weighted by Crippen LogP contribution is -2.33. The normalized spacial score (nSPS) is 15.5. The van der Waals surface area contributed by atoms with Crippen LogP contribution in [0.5, 0.6) is 11.5 Å². The molecule has 1 atom stereocenters. The van der Waals surface area contributed by atoms with Gasteiger partial charge >= 0.3 is 0 Å². The molecule has 3 aromatic carbocycles. The number of carbonyl (C=O) groups is 1. The number of benzene rings is 3. The van der Waals surface area contributed by atoms with Crippen LogP contribution in [0.15, 0.2) is 83.0 Å². The monoisotopic (exact) mass is 522 g/mol. The second-order valence-corrected chi connectivity index (χ2v) is 8.88. The Labute approximate surface area is 207 Å². The Balaban J connectivity index is 1.51. The zero-order valence-electron chi connectivity index (χ0n) is 18.2. The molecule has 1 aliphatic heterocycles. The van der Waals surface area contributed by atoms with Gasteiger partial charge in [0.15, 0.2) is 16.6 Å². The van der Waals surface area contributed by atoms with E-state index in [0.29, 0.717) is 28.9 Å². The number of methoxy groups -OCH3 is 1. The van der Waals surface area contributed by atoms with Crippen LogP contribution in [0.2, 0.25) is 0 Å². The van der Waals surface area contributed by atoms with Gasteiger partial charge in [-0.2, -0.15) is 0 Å². The summed E-state index contributed by atoms with van der Waals surface area (Å²) in [6, 6.07) is 23.1. The van der Waals surface area contributed by atoms with Crippen molar-refractivity contribution in [2.75, 3.05) is 7.11 Å². The third-order valence-electron chi connectivity index (χ3n) is 5.36. The van der Waals surface area contributed by atoms with Crippen molar-refractivity contribution in [2.24, 2.45) is 0 Å². The summed E-state index contributed by atoms with van der Waals surface area (Å²) in [7, 11) is 1.59. The van der Waals surface area contributed by atoms with Crippen LogP contribution in [0.3, 0.4) is 0 Å². The molecular weight excluding hydrogens is 500 g/mol. The average Bonchev–Trinajstić information content (AvgIpc) is 3.10. The molecule has 4 rings (SSSR count). The van der Waals surface area contributed by atoms with Crippen molar-refractivity contribution < 1.29 is 14.3 Å². The van der Waals surface area contributed by atoms with E-state index in [1.165, 1.54) is 0 Å². The topological polar surface area (TPSA) is 50.8 Å². The zero-order chi connectivity index (χ0) is 23.4. The highest BCUT2D eigenvalue weighted by Crippen LogP contribution is 2.31. The van der Waals surface area contributed by atoms with Crippen molar-refractivity contribution in [3.8, 4) is 11.5 Å². The van der Waals surface area contributed by atoms with Gasteiger partial charge in [0.05, 0.1) is 13.2 Å². The first-order valence-corrected chi connectivity index (χ1v) is 11.6. The van der Waals surface area contributed by atoms with Gasteiger partial charge in [0.25, 0.3) is 5.91 Å². The smallest absolute Gasteiger partial charge is 0.277 e. The minimum atomic E-state index is -0.173. The summed E-state index contributed by atoms with van der Waals surface area (Å²) in [4.78, 5) is 14.7. The molecule has 1 heterocycles. The molecule has 0 saturated carbocycles. The van der Waals surface area contributed by atoms with Crippen LogP contribution in [0.4, 0.5) is 0 Å². The highest BCUT2D eigenvalue weighted by molar-refractivity contribution is 9.10. The van der Waals surface area contributed by atoms with Crippen molar-refractivity contribution in [3.63, 3.8) is 0 Å². The molecule has 0 aromatic heterocycles. The van der Waals surface area contributed by atoms with E-state index in [2.05, 4.69) is 21.2 Å². The van der Waals surface area contributed by atoms with Gasteiger partial charge in [0.1, 0.15) is 12.3 Å². The number of halogens is 1. The Morgan fingerprint density at radius 3 is 2.58 bits per heavy atom. The number of carbonyl (C=O) groups excluding carboxylic acids is 1. The predicted octanol–water partition coefficient (Wildman–Crippen LogP) is 5.86. The van der Waals surface area contributed by atoms with E-state index < -0.39 is 0 Å². The first-order valence-electron chi connectivity index (χ1n) is 10.4. The first kappa shape index (κ1) is 23.0. The van der Waals surface area contributed by atoms with E-state index in [1.807, 2.05) is 79.7 Å². The van der Waals surface area contributed by atoms with Gasteiger partial charge in [-0.3, -0.25) is 9.69 Å². The molecule has 1 amide bonds. The minimum Gasteiger partial charge on any atom is -0.493 e. The third kappa shape index (κ3) is 5.26.